The summed E-state index contributed by atoms with van der Waals surface area (Å²) in [6.07, 6.45) is 9.22. The number of nitrogens with zero attached hydrogens (tertiary/aromatic N) is 4. The molecule has 0 spiro atoms. The van der Waals surface area contributed by atoms with Gasteiger partial charge in [-0.15, -0.1) is 11.3 Å². The van der Waals surface area contributed by atoms with Gasteiger partial charge in [-0.2, -0.15) is 4.98 Å². The fourth-order valence-corrected chi connectivity index (χ4v) is 7.43. The van der Waals surface area contributed by atoms with Crippen molar-refractivity contribution in [3.8, 4) is 10.6 Å². The first-order valence-electron chi connectivity index (χ1n) is 11.9. The van der Waals surface area contributed by atoms with E-state index < -0.39 is 9.84 Å². The Morgan fingerprint density at radius 2 is 1.94 bits per heavy atom. The molecule has 3 heterocycles. The van der Waals surface area contributed by atoms with E-state index >= 15 is 0 Å². The lowest BCUT2D eigenvalue weighted by molar-refractivity contribution is 0.305. The third-order valence-electron chi connectivity index (χ3n) is 7.09. The fourth-order valence-electron chi connectivity index (χ4n) is 5.16. The van der Waals surface area contributed by atoms with Gasteiger partial charge in [0.1, 0.15) is 26.2 Å². The van der Waals surface area contributed by atoms with Gasteiger partial charge in [-0.1, -0.05) is 0 Å². The van der Waals surface area contributed by atoms with Crippen molar-refractivity contribution in [2.24, 2.45) is 5.92 Å². The van der Waals surface area contributed by atoms with Gasteiger partial charge in [0.05, 0.1) is 27.4 Å². The van der Waals surface area contributed by atoms with E-state index in [-0.39, 0.29) is 23.3 Å². The van der Waals surface area contributed by atoms with Gasteiger partial charge in [-0.25, -0.2) is 18.4 Å². The van der Waals surface area contributed by atoms with Gasteiger partial charge < -0.3 is 10.6 Å². The number of hydrogen-bond donors (Lipinski definition) is 2. The van der Waals surface area contributed by atoms with E-state index in [0.717, 1.165) is 70.1 Å². The lowest BCUT2D eigenvalue weighted by atomic mass is 9.79. The number of pyridine rings is 1. The second kappa shape index (κ2) is 8.71. The normalized spacial score (nSPS) is 22.0. The first kappa shape index (κ1) is 23.4. The minimum absolute atomic E-state index is 0.0395. The Bertz CT molecular complexity index is 1330. The molecule has 2 aliphatic carbocycles. The Labute approximate surface area is 205 Å². The summed E-state index contributed by atoms with van der Waals surface area (Å²) in [5.74, 6) is 1.83. The highest BCUT2D eigenvalue weighted by Crippen LogP contribution is 2.40. The number of anilines is 2. The summed E-state index contributed by atoms with van der Waals surface area (Å²) >= 11 is 1.62. The number of rotatable bonds is 7. The lowest BCUT2D eigenvalue weighted by Gasteiger charge is -2.39. The Morgan fingerprint density at radius 3 is 2.62 bits per heavy atom. The number of nitrogens with one attached hydrogen (secondary N) is 2. The third-order valence-corrected chi connectivity index (χ3v) is 9.20. The second-order valence-corrected chi connectivity index (χ2v) is 13.5. The van der Waals surface area contributed by atoms with Crippen molar-refractivity contribution in [1.82, 2.24) is 19.9 Å². The van der Waals surface area contributed by atoms with Crippen molar-refractivity contribution in [2.75, 3.05) is 22.6 Å². The van der Waals surface area contributed by atoms with Crippen LogP contribution in [-0.2, 0) is 9.84 Å². The maximum atomic E-state index is 11.8. The average molecular weight is 501 g/mol. The van der Waals surface area contributed by atoms with E-state index in [1.165, 1.54) is 12.7 Å². The first-order valence-corrected chi connectivity index (χ1v) is 14.8. The second-order valence-electron chi connectivity index (χ2n) is 10.3. The number of sulfone groups is 1. The van der Waals surface area contributed by atoms with Crippen molar-refractivity contribution in [2.45, 2.75) is 70.9 Å². The summed E-state index contributed by atoms with van der Waals surface area (Å²) in [5, 5.41) is 8.07. The van der Waals surface area contributed by atoms with Crippen LogP contribution in [0.4, 0.5) is 11.8 Å². The molecule has 8 nitrogen and oxygen atoms in total. The molecule has 2 fully saturated rings. The molecule has 2 N–H and O–H groups in total. The van der Waals surface area contributed by atoms with Crippen molar-refractivity contribution in [3.63, 3.8) is 0 Å². The highest BCUT2D eigenvalue weighted by Gasteiger charge is 2.33. The zero-order valence-corrected chi connectivity index (χ0v) is 21.8. The van der Waals surface area contributed by atoms with Gasteiger partial charge in [0.15, 0.2) is 0 Å². The van der Waals surface area contributed by atoms with Crippen LogP contribution in [-0.4, -0.2) is 51.9 Å². The zero-order chi connectivity index (χ0) is 24.1. The van der Waals surface area contributed by atoms with E-state index in [0.29, 0.717) is 5.95 Å². The summed E-state index contributed by atoms with van der Waals surface area (Å²) in [5.41, 5.74) is 3.64. The Balaban J connectivity index is 1.50. The van der Waals surface area contributed by atoms with Crippen LogP contribution in [0.2, 0.25) is 0 Å². The van der Waals surface area contributed by atoms with Crippen LogP contribution in [0.15, 0.2) is 12.3 Å². The molecule has 2 saturated carbocycles. The smallest absolute Gasteiger partial charge is 0.225 e. The molecule has 3 aromatic heterocycles. The Kier molecular flexibility index (Phi) is 6.00. The molecule has 5 rings (SSSR count). The molecular weight excluding hydrogens is 468 g/mol. The predicted octanol–water partition coefficient (Wildman–Crippen LogP) is 4.74. The lowest BCUT2D eigenvalue weighted by Crippen LogP contribution is -2.42. The number of hydrogen-bond acceptors (Lipinski definition) is 9. The fraction of sp³-hybridized carbons (Fsp3) is 0.583. The van der Waals surface area contributed by atoms with E-state index in [2.05, 4.69) is 22.5 Å². The third kappa shape index (κ3) is 4.88. The van der Waals surface area contributed by atoms with Crippen LogP contribution >= 0.6 is 11.3 Å². The van der Waals surface area contributed by atoms with Crippen molar-refractivity contribution < 1.29 is 8.42 Å². The summed E-state index contributed by atoms with van der Waals surface area (Å²) < 4.78 is 24.7. The molecule has 0 aromatic carbocycles. The molecule has 10 heteroatoms. The van der Waals surface area contributed by atoms with Crippen LogP contribution < -0.4 is 10.6 Å². The van der Waals surface area contributed by atoms with Gasteiger partial charge >= 0.3 is 0 Å². The van der Waals surface area contributed by atoms with Gasteiger partial charge in [0.25, 0.3) is 0 Å². The Hall–Kier alpha value is -2.33. The molecule has 0 saturated heterocycles. The molecule has 2 aliphatic rings. The number of thiazole rings is 1. The predicted molar refractivity (Wildman–Crippen MR) is 138 cm³/mol. The molecule has 0 amide bonds. The maximum Gasteiger partial charge on any atom is 0.225 e. The van der Waals surface area contributed by atoms with E-state index in [4.69, 9.17) is 15.0 Å². The molecule has 0 radical (unpaired) electrons. The van der Waals surface area contributed by atoms with Gasteiger partial charge in [0, 0.05) is 24.0 Å². The summed E-state index contributed by atoms with van der Waals surface area (Å²) in [7, 11) is -2.98. The minimum atomic E-state index is -2.98. The number of aromatic nitrogens is 4. The molecular formula is C24H32N6O2S2. The van der Waals surface area contributed by atoms with Gasteiger partial charge in [0.2, 0.25) is 5.95 Å². The molecule has 34 heavy (non-hydrogen) atoms. The summed E-state index contributed by atoms with van der Waals surface area (Å²) in [4.78, 5) is 19.0. The van der Waals surface area contributed by atoms with Gasteiger partial charge in [-0.3, -0.25) is 4.98 Å². The molecule has 0 bridgehead atoms. The van der Waals surface area contributed by atoms with Crippen molar-refractivity contribution in [1.29, 1.82) is 0 Å². The van der Waals surface area contributed by atoms with E-state index in [9.17, 15) is 8.42 Å². The zero-order valence-electron chi connectivity index (χ0n) is 20.2. The van der Waals surface area contributed by atoms with Crippen LogP contribution in [0.5, 0.6) is 0 Å². The quantitative estimate of drug-likeness (QED) is 0.478. The standard InChI is InChI=1S/C24H32N6O2S2/c1-14-19(22-28-20-15(2)25-11-8-18(20)33-22)21(29-23(26-14)30-24(3)9-5-10-24)27-17-7-6-16(12-17)13-34(4,31)32/h8,11,16-17H,5-7,9-10,12-13H2,1-4H3,(H2,26,27,29,30). The van der Waals surface area contributed by atoms with Crippen LogP contribution in [0, 0.1) is 19.8 Å². The van der Waals surface area contributed by atoms with Crippen molar-refractivity contribution in [3.05, 3.63) is 23.7 Å². The average Bonchev–Trinajstić information content (AvgIpc) is 3.32. The monoisotopic (exact) mass is 500 g/mol. The van der Waals surface area contributed by atoms with Crippen LogP contribution in [0.1, 0.15) is 56.8 Å². The maximum absolute atomic E-state index is 11.8. The topological polar surface area (TPSA) is 110 Å². The number of aryl methyl sites for hydroxylation is 2. The SMILES string of the molecule is Cc1nc(NC2(C)CCC2)nc(NC2CCC(CS(C)(=O)=O)C2)c1-c1nc2c(C)nccc2s1. The number of fused-ring (bicyclic) bond motifs is 1. The molecule has 2 unspecified atom stereocenters. The van der Waals surface area contributed by atoms with E-state index in [1.807, 2.05) is 26.1 Å². The Morgan fingerprint density at radius 1 is 1.15 bits per heavy atom. The van der Waals surface area contributed by atoms with Crippen LogP contribution in [0.3, 0.4) is 0 Å². The van der Waals surface area contributed by atoms with Gasteiger partial charge in [-0.05, 0) is 71.3 Å². The largest absolute Gasteiger partial charge is 0.367 e. The van der Waals surface area contributed by atoms with Crippen molar-refractivity contribution >= 4 is 43.2 Å². The highest BCUT2D eigenvalue weighted by atomic mass is 32.2. The molecule has 3 aromatic rings. The van der Waals surface area contributed by atoms with Crippen LogP contribution in [0.25, 0.3) is 20.8 Å². The minimum Gasteiger partial charge on any atom is -0.367 e. The first-order chi connectivity index (χ1) is 16.1. The summed E-state index contributed by atoms with van der Waals surface area (Å²) in [6.45, 7) is 6.20. The van der Waals surface area contributed by atoms with E-state index in [1.54, 1.807) is 11.3 Å². The highest BCUT2D eigenvalue weighted by molar-refractivity contribution is 7.90. The molecule has 182 valence electrons. The summed E-state index contributed by atoms with van der Waals surface area (Å²) in [6, 6.07) is 2.16. The molecule has 2 atom stereocenters. The molecule has 0 aliphatic heterocycles.